The lowest BCUT2D eigenvalue weighted by molar-refractivity contribution is -0.138. The fraction of sp³-hybridized carbons (Fsp3) is 0.733. The van der Waals surface area contributed by atoms with Crippen molar-refractivity contribution in [1.82, 2.24) is 9.55 Å². The number of nitrogens with zero attached hydrogens (tertiary/aromatic N) is 2. The summed E-state index contributed by atoms with van der Waals surface area (Å²) in [6, 6.07) is -0.541. The third kappa shape index (κ3) is 1.72. The molecule has 0 radical (unpaired) electrons. The topological polar surface area (TPSA) is 81.1 Å². The molecule has 0 aromatic carbocycles. The summed E-state index contributed by atoms with van der Waals surface area (Å²) in [5.41, 5.74) is 6.48. The van der Waals surface area contributed by atoms with E-state index in [9.17, 15) is 4.79 Å². The molecular weight excluding hydrogens is 254 g/mol. The summed E-state index contributed by atoms with van der Waals surface area (Å²) in [6.07, 6.45) is 10.1. The second kappa shape index (κ2) is 4.32. The highest BCUT2D eigenvalue weighted by Gasteiger charge is 2.49. The van der Waals surface area contributed by atoms with Crippen LogP contribution in [0, 0.1) is 23.7 Å². The Morgan fingerprint density at radius 2 is 1.85 bits per heavy atom. The van der Waals surface area contributed by atoms with Crippen molar-refractivity contribution in [2.24, 2.45) is 29.4 Å². The lowest BCUT2D eigenvalue weighted by Gasteiger charge is -2.55. The molecule has 1 atom stereocenters. The van der Waals surface area contributed by atoms with E-state index >= 15 is 0 Å². The van der Waals surface area contributed by atoms with Crippen molar-refractivity contribution in [3.8, 4) is 0 Å². The number of carbonyl (C=O) groups is 1. The molecule has 0 saturated heterocycles. The molecule has 4 bridgehead atoms. The van der Waals surface area contributed by atoms with Crippen molar-refractivity contribution in [3.05, 3.63) is 18.2 Å². The van der Waals surface area contributed by atoms with Crippen LogP contribution >= 0.6 is 0 Å². The Bertz CT molecular complexity index is 511. The van der Waals surface area contributed by atoms with Crippen LogP contribution in [0.25, 0.3) is 0 Å². The van der Waals surface area contributed by atoms with Gasteiger partial charge in [-0.15, -0.1) is 0 Å². The van der Waals surface area contributed by atoms with Crippen LogP contribution in [0.5, 0.6) is 0 Å². The van der Waals surface area contributed by atoms with E-state index in [0.29, 0.717) is 23.6 Å². The first-order valence-electron chi connectivity index (χ1n) is 7.63. The van der Waals surface area contributed by atoms with Crippen molar-refractivity contribution in [1.29, 1.82) is 0 Å². The van der Waals surface area contributed by atoms with Gasteiger partial charge in [0.1, 0.15) is 6.04 Å². The molecular formula is C15H21N3O2. The standard InChI is InChI=1S/C15H21N3O2/c16-13(15(19)20)12-6-17-7-18(12)14-10-2-8-1-9(4-10)5-11(14)3-8/h6-11,13-14H,1-5,16H2,(H,19,20). The van der Waals surface area contributed by atoms with Gasteiger partial charge in [-0.1, -0.05) is 0 Å². The molecule has 4 aliphatic rings. The van der Waals surface area contributed by atoms with E-state index in [1.807, 2.05) is 0 Å². The third-order valence-electron chi connectivity index (χ3n) is 5.78. The van der Waals surface area contributed by atoms with Crippen molar-refractivity contribution >= 4 is 5.97 Å². The Labute approximate surface area is 118 Å². The maximum absolute atomic E-state index is 11.2. The second-order valence-corrected chi connectivity index (χ2v) is 6.96. The summed E-state index contributed by atoms with van der Waals surface area (Å²) >= 11 is 0. The number of imidazole rings is 1. The number of nitrogens with two attached hydrogens (primary N) is 1. The summed E-state index contributed by atoms with van der Waals surface area (Å²) in [5.74, 6) is 2.23. The van der Waals surface area contributed by atoms with E-state index < -0.39 is 12.0 Å². The molecule has 4 saturated carbocycles. The van der Waals surface area contributed by atoms with Crippen LogP contribution in [-0.2, 0) is 4.79 Å². The van der Waals surface area contributed by atoms with Gasteiger partial charge in [-0.25, -0.2) is 4.98 Å². The van der Waals surface area contributed by atoms with Crippen molar-refractivity contribution in [3.63, 3.8) is 0 Å². The lowest BCUT2D eigenvalue weighted by Crippen LogP contribution is -2.46. The van der Waals surface area contributed by atoms with Gasteiger partial charge < -0.3 is 15.4 Å². The normalized spacial score (nSPS) is 40.0. The van der Waals surface area contributed by atoms with Crippen molar-refractivity contribution in [2.45, 2.75) is 44.2 Å². The van der Waals surface area contributed by atoms with Crippen LogP contribution in [0.3, 0.4) is 0 Å². The number of hydrogen-bond donors (Lipinski definition) is 2. The van der Waals surface area contributed by atoms with E-state index in [0.717, 1.165) is 11.8 Å². The molecule has 5 nitrogen and oxygen atoms in total. The van der Waals surface area contributed by atoms with Crippen LogP contribution in [0.4, 0.5) is 0 Å². The third-order valence-corrected chi connectivity index (χ3v) is 5.78. The number of aliphatic carboxylic acids is 1. The average Bonchev–Trinajstić information content (AvgIpc) is 2.85. The Morgan fingerprint density at radius 1 is 1.25 bits per heavy atom. The number of rotatable bonds is 3. The van der Waals surface area contributed by atoms with Gasteiger partial charge >= 0.3 is 5.97 Å². The molecule has 1 aromatic rings. The molecule has 0 amide bonds. The lowest BCUT2D eigenvalue weighted by atomic mass is 9.54. The smallest absolute Gasteiger partial charge is 0.326 e. The maximum atomic E-state index is 11.2. The highest BCUT2D eigenvalue weighted by atomic mass is 16.4. The van der Waals surface area contributed by atoms with E-state index in [1.165, 1.54) is 32.1 Å². The van der Waals surface area contributed by atoms with E-state index in [1.54, 1.807) is 12.5 Å². The van der Waals surface area contributed by atoms with Crippen LogP contribution in [-0.4, -0.2) is 20.6 Å². The molecule has 108 valence electrons. The average molecular weight is 275 g/mol. The Hall–Kier alpha value is -1.36. The van der Waals surface area contributed by atoms with Crippen LogP contribution < -0.4 is 5.73 Å². The minimum atomic E-state index is -0.976. The summed E-state index contributed by atoms with van der Waals surface area (Å²) in [4.78, 5) is 15.4. The van der Waals surface area contributed by atoms with Gasteiger partial charge in [0.05, 0.1) is 18.2 Å². The molecule has 20 heavy (non-hydrogen) atoms. The molecule has 3 N–H and O–H groups in total. The number of carboxylic acid groups (broad SMARTS) is 1. The number of aromatic nitrogens is 2. The number of carboxylic acids is 1. The second-order valence-electron chi connectivity index (χ2n) is 6.96. The minimum Gasteiger partial charge on any atom is -0.480 e. The van der Waals surface area contributed by atoms with Crippen molar-refractivity contribution in [2.75, 3.05) is 0 Å². The van der Waals surface area contributed by atoms with Gasteiger partial charge in [0.25, 0.3) is 0 Å². The molecule has 5 rings (SSSR count). The highest BCUT2D eigenvalue weighted by molar-refractivity contribution is 5.74. The molecule has 5 heteroatoms. The van der Waals surface area contributed by atoms with Gasteiger partial charge in [0.2, 0.25) is 0 Å². The predicted octanol–water partition coefficient (Wildman–Crippen LogP) is 1.96. The van der Waals surface area contributed by atoms with Crippen LogP contribution in [0.15, 0.2) is 12.5 Å². The van der Waals surface area contributed by atoms with Gasteiger partial charge in [0.15, 0.2) is 0 Å². The first-order valence-corrected chi connectivity index (χ1v) is 7.63. The van der Waals surface area contributed by atoms with Gasteiger partial charge in [-0.3, -0.25) is 4.79 Å². The van der Waals surface area contributed by atoms with Crippen LogP contribution in [0.2, 0.25) is 0 Å². The Kier molecular flexibility index (Phi) is 2.67. The van der Waals surface area contributed by atoms with Gasteiger partial charge in [0, 0.05) is 6.04 Å². The zero-order chi connectivity index (χ0) is 13.9. The molecule has 4 aliphatic carbocycles. The first-order chi connectivity index (χ1) is 9.63. The quantitative estimate of drug-likeness (QED) is 0.883. The summed E-state index contributed by atoms with van der Waals surface area (Å²) in [5, 5.41) is 9.16. The SMILES string of the molecule is NC(C(=O)O)c1cncn1C1C2CC3CC(C2)CC1C3. The van der Waals surface area contributed by atoms with Gasteiger partial charge in [-0.05, 0) is 55.8 Å². The molecule has 4 fully saturated rings. The molecule has 1 aromatic heterocycles. The zero-order valence-corrected chi connectivity index (χ0v) is 11.5. The van der Waals surface area contributed by atoms with Crippen LogP contribution in [0.1, 0.15) is 49.9 Å². The summed E-state index contributed by atoms with van der Waals surface area (Å²) in [7, 11) is 0. The molecule has 0 spiro atoms. The fourth-order valence-electron chi connectivity index (χ4n) is 5.28. The van der Waals surface area contributed by atoms with E-state index in [4.69, 9.17) is 10.8 Å². The van der Waals surface area contributed by atoms with E-state index in [2.05, 4.69) is 9.55 Å². The van der Waals surface area contributed by atoms with Crippen molar-refractivity contribution < 1.29 is 9.90 Å². The number of hydrogen-bond acceptors (Lipinski definition) is 3. The first kappa shape index (κ1) is 12.4. The minimum absolute atomic E-state index is 0.422. The van der Waals surface area contributed by atoms with E-state index in [-0.39, 0.29) is 0 Å². The fourth-order valence-corrected chi connectivity index (χ4v) is 5.28. The maximum Gasteiger partial charge on any atom is 0.326 e. The largest absolute Gasteiger partial charge is 0.480 e. The predicted molar refractivity (Wildman–Crippen MR) is 72.9 cm³/mol. The zero-order valence-electron chi connectivity index (χ0n) is 11.5. The summed E-state index contributed by atoms with van der Waals surface area (Å²) in [6.45, 7) is 0. The molecule has 1 heterocycles. The monoisotopic (exact) mass is 275 g/mol. The Morgan fingerprint density at radius 3 is 2.40 bits per heavy atom. The van der Waals surface area contributed by atoms with Gasteiger partial charge in [-0.2, -0.15) is 0 Å². The Balaban J connectivity index is 1.68. The molecule has 1 unspecified atom stereocenters. The summed E-state index contributed by atoms with van der Waals surface area (Å²) < 4.78 is 2.09. The highest BCUT2D eigenvalue weighted by Crippen LogP contribution is 2.58. The molecule has 0 aliphatic heterocycles.